The molecule has 7 nitrogen and oxygen atoms in total. The highest BCUT2D eigenvalue weighted by Crippen LogP contribution is 2.24. The summed E-state index contributed by atoms with van der Waals surface area (Å²) in [5.74, 6) is -0.143. The number of halogens is 1. The molecule has 2 fully saturated rings. The van der Waals surface area contributed by atoms with Crippen LogP contribution in [-0.2, 0) is 26.1 Å². The first-order chi connectivity index (χ1) is 13.0. The second kappa shape index (κ2) is 10.0. The van der Waals surface area contributed by atoms with Gasteiger partial charge in [0.05, 0.1) is 4.90 Å². The second-order valence-electron chi connectivity index (χ2n) is 7.24. The number of amides is 1. The summed E-state index contributed by atoms with van der Waals surface area (Å²) < 4.78 is 32.8. The van der Waals surface area contributed by atoms with E-state index in [1.807, 2.05) is 6.07 Å². The Bertz CT molecular complexity index is 760. The van der Waals surface area contributed by atoms with Crippen LogP contribution in [0, 0.1) is 0 Å². The SMILES string of the molecule is COC1(C(=O)NCc2cccc(S(=O)(=O)N3CCCCC3)c2)CCNCC1.Cl. The normalized spacial score (nSPS) is 20.2. The lowest BCUT2D eigenvalue weighted by atomic mass is 9.91. The van der Waals surface area contributed by atoms with E-state index < -0.39 is 15.6 Å². The van der Waals surface area contributed by atoms with E-state index in [2.05, 4.69) is 10.6 Å². The van der Waals surface area contributed by atoms with E-state index in [-0.39, 0.29) is 24.9 Å². The first-order valence-electron chi connectivity index (χ1n) is 9.61. The average molecular weight is 432 g/mol. The van der Waals surface area contributed by atoms with E-state index in [4.69, 9.17) is 4.74 Å². The minimum absolute atomic E-state index is 0. The van der Waals surface area contributed by atoms with Gasteiger partial charge in [0.1, 0.15) is 5.60 Å². The van der Waals surface area contributed by atoms with Gasteiger partial charge in [-0.2, -0.15) is 4.31 Å². The molecule has 2 saturated heterocycles. The lowest BCUT2D eigenvalue weighted by molar-refractivity contribution is -0.146. The van der Waals surface area contributed by atoms with E-state index in [0.717, 1.165) is 37.9 Å². The van der Waals surface area contributed by atoms with Gasteiger partial charge >= 0.3 is 0 Å². The number of benzene rings is 1. The maximum absolute atomic E-state index is 12.8. The van der Waals surface area contributed by atoms with Gasteiger partial charge in [-0.05, 0) is 56.5 Å². The standard InChI is InChI=1S/C19H29N3O4S.ClH/c1-26-19(8-10-20-11-9-19)18(23)21-15-16-6-5-7-17(14-16)27(24,25)22-12-3-2-4-13-22;/h5-7,14,20H,2-4,8-13,15H2,1H3,(H,21,23);1H. The highest BCUT2D eigenvalue weighted by Gasteiger charge is 2.39. The largest absolute Gasteiger partial charge is 0.368 e. The van der Waals surface area contributed by atoms with Crippen molar-refractivity contribution in [2.75, 3.05) is 33.3 Å². The van der Waals surface area contributed by atoms with Crippen molar-refractivity contribution in [3.8, 4) is 0 Å². The zero-order valence-corrected chi connectivity index (χ0v) is 17.9. The predicted molar refractivity (Wildman–Crippen MR) is 110 cm³/mol. The third kappa shape index (κ3) is 5.04. The van der Waals surface area contributed by atoms with Gasteiger partial charge in [0.15, 0.2) is 0 Å². The first kappa shape index (κ1) is 23.1. The molecular formula is C19H30ClN3O4S. The molecule has 2 aliphatic rings. The molecule has 0 saturated carbocycles. The molecular weight excluding hydrogens is 402 g/mol. The van der Waals surface area contributed by atoms with Crippen LogP contribution in [0.4, 0.5) is 0 Å². The van der Waals surface area contributed by atoms with Gasteiger partial charge in [-0.15, -0.1) is 12.4 Å². The Morgan fingerprint density at radius 3 is 2.54 bits per heavy atom. The molecule has 0 aliphatic carbocycles. The third-order valence-electron chi connectivity index (χ3n) is 5.52. The molecule has 1 amide bonds. The van der Waals surface area contributed by atoms with Crippen molar-refractivity contribution in [1.82, 2.24) is 14.9 Å². The summed E-state index contributed by atoms with van der Waals surface area (Å²) in [7, 11) is -1.91. The molecule has 0 radical (unpaired) electrons. The monoisotopic (exact) mass is 431 g/mol. The predicted octanol–water partition coefficient (Wildman–Crippen LogP) is 1.67. The Balaban J connectivity index is 0.00000280. The zero-order valence-electron chi connectivity index (χ0n) is 16.3. The molecule has 0 unspecified atom stereocenters. The maximum Gasteiger partial charge on any atom is 0.252 e. The van der Waals surface area contributed by atoms with Crippen LogP contribution in [-0.4, -0.2) is 57.5 Å². The summed E-state index contributed by atoms with van der Waals surface area (Å²) in [6.07, 6.45) is 4.14. The third-order valence-corrected chi connectivity index (χ3v) is 7.41. The molecule has 3 rings (SSSR count). The van der Waals surface area contributed by atoms with Crippen molar-refractivity contribution in [2.24, 2.45) is 0 Å². The number of ether oxygens (including phenoxy) is 1. The van der Waals surface area contributed by atoms with Crippen LogP contribution in [0.1, 0.15) is 37.7 Å². The Labute approximate surface area is 173 Å². The molecule has 28 heavy (non-hydrogen) atoms. The number of carbonyl (C=O) groups excluding carboxylic acids is 1. The quantitative estimate of drug-likeness (QED) is 0.715. The van der Waals surface area contributed by atoms with E-state index in [0.29, 0.717) is 30.8 Å². The van der Waals surface area contributed by atoms with Crippen LogP contribution in [0.25, 0.3) is 0 Å². The topological polar surface area (TPSA) is 87.7 Å². The van der Waals surface area contributed by atoms with Crippen LogP contribution in [0.2, 0.25) is 0 Å². The lowest BCUT2D eigenvalue weighted by Crippen LogP contribution is -2.53. The van der Waals surface area contributed by atoms with Crippen LogP contribution in [0.5, 0.6) is 0 Å². The highest BCUT2D eigenvalue weighted by atomic mass is 35.5. The number of nitrogens with zero attached hydrogens (tertiary/aromatic N) is 1. The molecule has 1 aromatic rings. The summed E-state index contributed by atoms with van der Waals surface area (Å²) in [5, 5.41) is 6.14. The molecule has 1 aromatic carbocycles. The number of sulfonamides is 1. The smallest absolute Gasteiger partial charge is 0.252 e. The van der Waals surface area contributed by atoms with Crippen molar-refractivity contribution in [2.45, 2.75) is 49.1 Å². The maximum atomic E-state index is 12.8. The molecule has 2 N–H and O–H groups in total. The fourth-order valence-corrected chi connectivity index (χ4v) is 5.36. The Hall–Kier alpha value is -1.19. The molecule has 0 aromatic heterocycles. The van der Waals surface area contributed by atoms with E-state index >= 15 is 0 Å². The number of hydrogen-bond acceptors (Lipinski definition) is 5. The summed E-state index contributed by atoms with van der Waals surface area (Å²) in [4.78, 5) is 13.0. The van der Waals surface area contributed by atoms with Gasteiger partial charge < -0.3 is 15.4 Å². The number of methoxy groups -OCH3 is 1. The van der Waals surface area contributed by atoms with Crippen LogP contribution < -0.4 is 10.6 Å². The summed E-state index contributed by atoms with van der Waals surface area (Å²) >= 11 is 0. The molecule has 0 atom stereocenters. The van der Waals surface area contributed by atoms with Gasteiger partial charge in [-0.3, -0.25) is 4.79 Å². The molecule has 2 heterocycles. The molecule has 9 heteroatoms. The van der Waals surface area contributed by atoms with Gasteiger partial charge in [0, 0.05) is 26.7 Å². The molecule has 0 spiro atoms. The van der Waals surface area contributed by atoms with Gasteiger partial charge in [0.25, 0.3) is 5.91 Å². The minimum Gasteiger partial charge on any atom is -0.368 e. The molecule has 0 bridgehead atoms. The Kier molecular flexibility index (Phi) is 8.27. The Morgan fingerprint density at radius 2 is 1.89 bits per heavy atom. The summed E-state index contributed by atoms with van der Waals surface area (Å²) in [6.45, 7) is 2.91. The van der Waals surface area contributed by atoms with E-state index in [1.165, 1.54) is 0 Å². The van der Waals surface area contributed by atoms with Crippen LogP contribution >= 0.6 is 12.4 Å². The number of rotatable bonds is 6. The molecule has 2 aliphatic heterocycles. The van der Waals surface area contributed by atoms with Crippen LogP contribution in [0.15, 0.2) is 29.2 Å². The van der Waals surface area contributed by atoms with Crippen molar-refractivity contribution >= 4 is 28.3 Å². The number of carbonyl (C=O) groups is 1. The lowest BCUT2D eigenvalue weighted by Gasteiger charge is -2.34. The summed E-state index contributed by atoms with van der Waals surface area (Å²) in [5.41, 5.74) is -0.0374. The zero-order chi connectivity index (χ0) is 19.3. The summed E-state index contributed by atoms with van der Waals surface area (Å²) in [6, 6.07) is 6.84. The van der Waals surface area contributed by atoms with Crippen molar-refractivity contribution in [3.63, 3.8) is 0 Å². The minimum atomic E-state index is -3.47. The van der Waals surface area contributed by atoms with Gasteiger partial charge in [-0.1, -0.05) is 18.6 Å². The van der Waals surface area contributed by atoms with Crippen LogP contribution in [0.3, 0.4) is 0 Å². The van der Waals surface area contributed by atoms with Gasteiger partial charge in [-0.25, -0.2) is 8.42 Å². The van der Waals surface area contributed by atoms with Crippen molar-refractivity contribution in [3.05, 3.63) is 29.8 Å². The fourth-order valence-electron chi connectivity index (χ4n) is 3.77. The highest BCUT2D eigenvalue weighted by molar-refractivity contribution is 7.89. The Morgan fingerprint density at radius 1 is 1.21 bits per heavy atom. The van der Waals surface area contributed by atoms with Gasteiger partial charge in [0.2, 0.25) is 10.0 Å². The average Bonchev–Trinajstić information content (AvgIpc) is 2.73. The number of piperidine rings is 2. The van der Waals surface area contributed by atoms with E-state index in [9.17, 15) is 13.2 Å². The fraction of sp³-hybridized carbons (Fsp3) is 0.632. The van der Waals surface area contributed by atoms with Crippen molar-refractivity contribution < 1.29 is 17.9 Å². The van der Waals surface area contributed by atoms with Crippen molar-refractivity contribution in [1.29, 1.82) is 0 Å². The first-order valence-corrected chi connectivity index (χ1v) is 11.1. The van der Waals surface area contributed by atoms with E-state index in [1.54, 1.807) is 29.6 Å². The second-order valence-corrected chi connectivity index (χ2v) is 9.18. The molecule has 158 valence electrons. The number of hydrogen-bond donors (Lipinski definition) is 2. The number of nitrogens with one attached hydrogen (secondary N) is 2.